The second kappa shape index (κ2) is 5.54. The van der Waals surface area contributed by atoms with Gasteiger partial charge in [-0.15, -0.1) is 16.4 Å². The Balaban J connectivity index is 1.55. The van der Waals surface area contributed by atoms with Gasteiger partial charge in [0.1, 0.15) is 0 Å². The van der Waals surface area contributed by atoms with Gasteiger partial charge in [0.2, 0.25) is 0 Å². The molecule has 0 unspecified atom stereocenters. The third-order valence-electron chi connectivity index (χ3n) is 4.38. The number of fused-ring (bicyclic) bond motifs is 3. The molecular weight excluding hydrogens is 316 g/mol. The molecule has 8 heteroatoms. The first-order valence-corrected chi connectivity index (χ1v) is 8.36. The monoisotopic (exact) mass is 332 g/mol. The molecule has 0 spiro atoms. The molecule has 0 aromatic carbocycles. The third kappa shape index (κ3) is 2.47. The number of rotatable bonds is 2. The molecule has 23 heavy (non-hydrogen) atoms. The van der Waals surface area contributed by atoms with Crippen LogP contribution in [0.1, 0.15) is 44.4 Å². The van der Waals surface area contributed by atoms with Crippen molar-refractivity contribution in [2.24, 2.45) is 0 Å². The zero-order chi connectivity index (χ0) is 16.0. The fourth-order valence-corrected chi connectivity index (χ4v) is 4.03. The Hall–Kier alpha value is -2.06. The summed E-state index contributed by atoms with van der Waals surface area (Å²) in [7, 11) is 0. The number of carbonyl (C=O) groups is 2. The third-order valence-corrected chi connectivity index (χ3v) is 5.55. The Labute approximate surface area is 136 Å². The summed E-state index contributed by atoms with van der Waals surface area (Å²) in [5.74, 6) is -0.0473. The normalized spacial score (nSPS) is 23.3. The lowest BCUT2D eigenvalue weighted by Gasteiger charge is -2.40. The highest BCUT2D eigenvalue weighted by Crippen LogP contribution is 2.31. The average Bonchev–Trinajstić information content (AvgIpc) is 3.22. The SMILES string of the molecule is CC(=O)c1ccc(C(=O)N2CC[C@@H]3OCc4cnnn4[C@@H]3C2)s1. The topological polar surface area (TPSA) is 77.3 Å². The van der Waals surface area contributed by atoms with Gasteiger partial charge in [0.25, 0.3) is 5.91 Å². The van der Waals surface area contributed by atoms with Crippen LogP contribution >= 0.6 is 11.3 Å². The Morgan fingerprint density at radius 3 is 2.96 bits per heavy atom. The molecule has 0 aliphatic carbocycles. The van der Waals surface area contributed by atoms with E-state index in [0.29, 0.717) is 29.5 Å². The minimum Gasteiger partial charge on any atom is -0.370 e. The Morgan fingerprint density at radius 1 is 1.35 bits per heavy atom. The lowest BCUT2D eigenvalue weighted by atomic mass is 10.0. The predicted molar refractivity (Wildman–Crippen MR) is 82.5 cm³/mol. The lowest BCUT2D eigenvalue weighted by Crippen LogP contribution is -2.49. The van der Waals surface area contributed by atoms with Gasteiger partial charge in [-0.3, -0.25) is 9.59 Å². The van der Waals surface area contributed by atoms with Crippen molar-refractivity contribution in [1.82, 2.24) is 19.9 Å². The number of carbonyl (C=O) groups excluding carboxylic acids is 2. The standard InChI is InChI=1S/C15H16N4O3S/c1-9(20)13-2-3-14(23-13)15(21)18-5-4-12-11(7-18)19-10(8-22-12)6-16-17-19/h2-3,6,11-12H,4-5,7-8H2,1H3/t11-,12+/m1/s1. The maximum atomic E-state index is 12.7. The second-order valence-corrected chi connectivity index (χ2v) is 6.93. The van der Waals surface area contributed by atoms with Crippen molar-refractivity contribution in [2.75, 3.05) is 13.1 Å². The Kier molecular flexibility index (Phi) is 3.50. The van der Waals surface area contributed by atoms with Crippen LogP contribution in [0.5, 0.6) is 0 Å². The van der Waals surface area contributed by atoms with Crippen LogP contribution in [0.3, 0.4) is 0 Å². The van der Waals surface area contributed by atoms with E-state index in [1.54, 1.807) is 18.3 Å². The van der Waals surface area contributed by atoms with Gasteiger partial charge in [-0.05, 0) is 25.5 Å². The van der Waals surface area contributed by atoms with E-state index in [-0.39, 0.29) is 23.8 Å². The first-order valence-electron chi connectivity index (χ1n) is 7.54. The van der Waals surface area contributed by atoms with E-state index >= 15 is 0 Å². The molecule has 1 amide bonds. The summed E-state index contributed by atoms with van der Waals surface area (Å²) in [6.45, 7) is 3.23. The second-order valence-electron chi connectivity index (χ2n) is 5.85. The smallest absolute Gasteiger partial charge is 0.264 e. The number of nitrogens with zero attached hydrogens (tertiary/aromatic N) is 4. The maximum absolute atomic E-state index is 12.7. The quantitative estimate of drug-likeness (QED) is 0.780. The van der Waals surface area contributed by atoms with Crippen molar-refractivity contribution in [3.05, 3.63) is 33.8 Å². The first kappa shape index (κ1) is 14.5. The molecule has 1 saturated heterocycles. The average molecular weight is 332 g/mol. The summed E-state index contributed by atoms with van der Waals surface area (Å²) in [5, 5.41) is 8.08. The van der Waals surface area contributed by atoms with Crippen LogP contribution < -0.4 is 0 Å². The van der Waals surface area contributed by atoms with Crippen LogP contribution in [-0.4, -0.2) is 50.8 Å². The molecule has 0 bridgehead atoms. The number of aromatic nitrogens is 3. The molecule has 4 heterocycles. The number of piperidine rings is 1. The maximum Gasteiger partial charge on any atom is 0.264 e. The van der Waals surface area contributed by atoms with E-state index in [9.17, 15) is 9.59 Å². The Morgan fingerprint density at radius 2 is 2.17 bits per heavy atom. The van der Waals surface area contributed by atoms with Crippen molar-refractivity contribution in [2.45, 2.75) is 32.1 Å². The van der Waals surface area contributed by atoms with Gasteiger partial charge in [-0.25, -0.2) is 4.68 Å². The molecule has 7 nitrogen and oxygen atoms in total. The summed E-state index contributed by atoms with van der Waals surface area (Å²) < 4.78 is 7.73. The molecular formula is C15H16N4O3S. The predicted octanol–water partition coefficient (Wildman–Crippen LogP) is 1.53. The molecule has 4 rings (SSSR count). The van der Waals surface area contributed by atoms with Crippen molar-refractivity contribution < 1.29 is 14.3 Å². The number of hydrogen-bond acceptors (Lipinski definition) is 6. The van der Waals surface area contributed by atoms with Crippen LogP contribution in [-0.2, 0) is 11.3 Å². The van der Waals surface area contributed by atoms with E-state index in [1.807, 2.05) is 9.58 Å². The number of ketones is 1. The lowest BCUT2D eigenvalue weighted by molar-refractivity contribution is -0.0604. The van der Waals surface area contributed by atoms with Gasteiger partial charge in [-0.2, -0.15) is 0 Å². The fourth-order valence-electron chi connectivity index (χ4n) is 3.16. The van der Waals surface area contributed by atoms with Crippen molar-refractivity contribution in [1.29, 1.82) is 0 Å². The van der Waals surface area contributed by atoms with E-state index < -0.39 is 0 Å². The van der Waals surface area contributed by atoms with Gasteiger partial charge in [0.15, 0.2) is 5.78 Å². The highest BCUT2D eigenvalue weighted by Gasteiger charge is 2.38. The molecule has 0 saturated carbocycles. The first-order chi connectivity index (χ1) is 11.1. The zero-order valence-electron chi connectivity index (χ0n) is 12.6. The van der Waals surface area contributed by atoms with Gasteiger partial charge in [0.05, 0.1) is 40.4 Å². The van der Waals surface area contributed by atoms with Crippen molar-refractivity contribution >= 4 is 23.0 Å². The van der Waals surface area contributed by atoms with Crippen LogP contribution in [0.15, 0.2) is 18.3 Å². The fraction of sp³-hybridized carbons (Fsp3) is 0.467. The summed E-state index contributed by atoms with van der Waals surface area (Å²) in [6, 6.07) is 3.45. The number of amides is 1. The largest absolute Gasteiger partial charge is 0.370 e. The molecule has 0 radical (unpaired) electrons. The van der Waals surface area contributed by atoms with Crippen LogP contribution in [0.4, 0.5) is 0 Å². The molecule has 0 N–H and O–H groups in total. The van der Waals surface area contributed by atoms with Gasteiger partial charge in [-0.1, -0.05) is 5.21 Å². The highest BCUT2D eigenvalue weighted by molar-refractivity contribution is 7.15. The molecule has 2 aliphatic heterocycles. The summed E-state index contributed by atoms with van der Waals surface area (Å²) in [4.78, 5) is 27.1. The van der Waals surface area contributed by atoms with Crippen LogP contribution in [0.25, 0.3) is 0 Å². The van der Waals surface area contributed by atoms with Crippen molar-refractivity contribution in [3.8, 4) is 0 Å². The van der Waals surface area contributed by atoms with E-state index in [2.05, 4.69) is 10.3 Å². The van der Waals surface area contributed by atoms with Gasteiger partial charge < -0.3 is 9.64 Å². The van der Waals surface area contributed by atoms with E-state index in [4.69, 9.17) is 4.74 Å². The van der Waals surface area contributed by atoms with E-state index in [1.165, 1.54) is 18.3 Å². The van der Waals surface area contributed by atoms with Gasteiger partial charge >= 0.3 is 0 Å². The zero-order valence-corrected chi connectivity index (χ0v) is 13.5. The molecule has 2 aliphatic rings. The summed E-state index contributed by atoms with van der Waals surface area (Å²) >= 11 is 1.25. The van der Waals surface area contributed by atoms with E-state index in [0.717, 1.165) is 12.1 Å². The number of hydrogen-bond donors (Lipinski definition) is 0. The molecule has 2 atom stereocenters. The number of Topliss-reactive ketones (excluding diaryl/α,β-unsaturated/α-hetero) is 1. The minimum atomic E-state index is -0.0341. The molecule has 1 fully saturated rings. The number of thiophene rings is 1. The summed E-state index contributed by atoms with van der Waals surface area (Å²) in [6.07, 6.45) is 2.56. The molecule has 2 aromatic rings. The highest BCUT2D eigenvalue weighted by atomic mass is 32.1. The molecule has 120 valence electrons. The number of likely N-dealkylation sites (tertiary alicyclic amines) is 1. The number of ether oxygens (including phenoxy) is 1. The Bertz CT molecular complexity index is 768. The van der Waals surface area contributed by atoms with Crippen molar-refractivity contribution in [3.63, 3.8) is 0 Å². The minimum absolute atomic E-state index is 0.00573. The van der Waals surface area contributed by atoms with Gasteiger partial charge in [0, 0.05) is 13.1 Å². The van der Waals surface area contributed by atoms with Crippen LogP contribution in [0, 0.1) is 0 Å². The molecule has 2 aromatic heterocycles. The van der Waals surface area contributed by atoms with Crippen LogP contribution in [0.2, 0.25) is 0 Å². The summed E-state index contributed by atoms with van der Waals surface area (Å²) in [5.41, 5.74) is 0.940.